The van der Waals surface area contributed by atoms with Crippen molar-refractivity contribution in [2.75, 3.05) is 13.1 Å². The predicted molar refractivity (Wildman–Crippen MR) is 148 cm³/mol. The largest absolute Gasteiger partial charge is 0.489 e. The molecule has 212 valence electrons. The van der Waals surface area contributed by atoms with Crippen LogP contribution in [0, 0.1) is 0 Å². The quantitative estimate of drug-likeness (QED) is 0.552. The van der Waals surface area contributed by atoms with Crippen LogP contribution in [0.2, 0.25) is 0 Å². The van der Waals surface area contributed by atoms with Crippen LogP contribution in [0.1, 0.15) is 85.8 Å². The van der Waals surface area contributed by atoms with Gasteiger partial charge >= 0.3 is 6.09 Å². The third kappa shape index (κ3) is 6.13. The minimum atomic E-state index is -0.664. The van der Waals surface area contributed by atoms with E-state index in [0.717, 1.165) is 24.0 Å². The number of carbonyl (C=O) groups is 4. The van der Waals surface area contributed by atoms with E-state index in [2.05, 4.69) is 29.6 Å². The van der Waals surface area contributed by atoms with Crippen LogP contribution in [0.15, 0.2) is 42.5 Å². The Morgan fingerprint density at radius 1 is 1.00 bits per heavy atom. The van der Waals surface area contributed by atoms with Crippen molar-refractivity contribution in [3.8, 4) is 5.75 Å². The number of hydrogen-bond donors (Lipinski definition) is 1. The lowest BCUT2D eigenvalue weighted by Crippen LogP contribution is -2.46. The monoisotopic (exact) mass is 547 g/mol. The van der Waals surface area contributed by atoms with Gasteiger partial charge in [0, 0.05) is 30.6 Å². The van der Waals surface area contributed by atoms with Gasteiger partial charge in [-0.15, -0.1) is 0 Å². The number of nitrogens with zero attached hydrogens (tertiary/aromatic N) is 2. The molecular weight excluding hydrogens is 510 g/mol. The highest BCUT2D eigenvalue weighted by Crippen LogP contribution is 2.34. The normalized spacial score (nSPS) is 20.2. The zero-order valence-electron chi connectivity index (χ0n) is 23.4. The molecule has 2 aromatic rings. The Balaban J connectivity index is 1.18. The van der Waals surface area contributed by atoms with Gasteiger partial charge in [0.25, 0.3) is 5.91 Å². The molecule has 2 aromatic carbocycles. The molecule has 0 aromatic heterocycles. The molecule has 9 nitrogen and oxygen atoms in total. The molecule has 0 spiro atoms. The Morgan fingerprint density at radius 2 is 1.73 bits per heavy atom. The number of hydrogen-bond acceptors (Lipinski definition) is 6. The molecule has 0 saturated carbocycles. The van der Waals surface area contributed by atoms with E-state index in [1.807, 2.05) is 26.8 Å². The van der Waals surface area contributed by atoms with Gasteiger partial charge in [-0.05, 0) is 75.6 Å². The van der Waals surface area contributed by atoms with Gasteiger partial charge in [-0.25, -0.2) is 4.79 Å². The zero-order chi connectivity index (χ0) is 28.4. The van der Waals surface area contributed by atoms with Crippen molar-refractivity contribution < 1.29 is 28.7 Å². The fourth-order valence-corrected chi connectivity index (χ4v) is 5.65. The summed E-state index contributed by atoms with van der Waals surface area (Å²) in [5.74, 6) is 0.0910. The molecule has 0 bridgehead atoms. The standard InChI is InChI=1S/C31H37N3O6/c1-31(2,3)40-30(38)33-16-14-22(15-17-33)21-12-10-20(11-13-21)19-39-26-8-4-6-23-24(26)18-34(29(23)37)25-7-5-9-27(35)32-28(25)36/h4,6,8,10-13,22,25H,5,7,9,14-19H2,1-3H3,(H,32,35,36)/t25-/m0/s1. The second-order valence-corrected chi connectivity index (χ2v) is 11.8. The molecule has 9 heteroatoms. The van der Waals surface area contributed by atoms with Crippen LogP contribution in [0.3, 0.4) is 0 Å². The van der Waals surface area contributed by atoms with E-state index in [0.29, 0.717) is 49.8 Å². The number of benzene rings is 2. The van der Waals surface area contributed by atoms with E-state index in [9.17, 15) is 19.2 Å². The van der Waals surface area contributed by atoms with Gasteiger partial charge < -0.3 is 19.3 Å². The highest BCUT2D eigenvalue weighted by atomic mass is 16.6. The minimum absolute atomic E-state index is 0.211. The van der Waals surface area contributed by atoms with Gasteiger partial charge in [0.2, 0.25) is 11.8 Å². The van der Waals surface area contributed by atoms with E-state index in [1.165, 1.54) is 5.56 Å². The summed E-state index contributed by atoms with van der Waals surface area (Å²) in [6.45, 7) is 7.62. The number of nitrogens with one attached hydrogen (secondary N) is 1. The number of amides is 4. The van der Waals surface area contributed by atoms with Crippen LogP contribution in [0.4, 0.5) is 4.79 Å². The third-order valence-corrected chi connectivity index (χ3v) is 7.77. The average molecular weight is 548 g/mol. The van der Waals surface area contributed by atoms with Crippen molar-refractivity contribution in [3.63, 3.8) is 0 Å². The molecule has 3 aliphatic rings. The Bertz CT molecular complexity index is 1290. The van der Waals surface area contributed by atoms with Crippen LogP contribution in [-0.4, -0.2) is 58.3 Å². The molecule has 3 aliphatic heterocycles. The fraction of sp³-hybridized carbons (Fsp3) is 0.484. The first-order valence-electron chi connectivity index (χ1n) is 14.0. The van der Waals surface area contributed by atoms with E-state index < -0.39 is 17.6 Å². The first-order valence-corrected chi connectivity index (χ1v) is 14.0. The Hall–Kier alpha value is -3.88. The topological polar surface area (TPSA) is 105 Å². The maximum atomic E-state index is 13.1. The molecule has 1 N–H and O–H groups in total. The summed E-state index contributed by atoms with van der Waals surface area (Å²) in [5, 5.41) is 2.39. The smallest absolute Gasteiger partial charge is 0.410 e. The highest BCUT2D eigenvalue weighted by molar-refractivity contribution is 6.04. The van der Waals surface area contributed by atoms with Gasteiger partial charge in [-0.3, -0.25) is 19.7 Å². The van der Waals surface area contributed by atoms with E-state index in [4.69, 9.17) is 9.47 Å². The van der Waals surface area contributed by atoms with Gasteiger partial charge in [0.05, 0.1) is 6.54 Å². The summed E-state index contributed by atoms with van der Waals surface area (Å²) in [5.41, 5.74) is 3.07. The number of likely N-dealkylation sites (tertiary alicyclic amines) is 1. The fourth-order valence-electron chi connectivity index (χ4n) is 5.65. The Kier molecular flexibility index (Phi) is 7.83. The van der Waals surface area contributed by atoms with E-state index in [1.54, 1.807) is 21.9 Å². The lowest BCUT2D eigenvalue weighted by atomic mass is 9.89. The predicted octanol–water partition coefficient (Wildman–Crippen LogP) is 4.53. The summed E-state index contributed by atoms with van der Waals surface area (Å²) in [6.07, 6.45) is 2.84. The second kappa shape index (κ2) is 11.3. The minimum Gasteiger partial charge on any atom is -0.489 e. The molecule has 5 rings (SSSR count). The number of imide groups is 1. The maximum absolute atomic E-state index is 13.1. The first-order chi connectivity index (χ1) is 19.1. The van der Waals surface area contributed by atoms with E-state index in [-0.39, 0.29) is 30.9 Å². The molecule has 0 aliphatic carbocycles. The van der Waals surface area contributed by atoms with Gasteiger partial charge in [-0.1, -0.05) is 30.3 Å². The van der Waals surface area contributed by atoms with Gasteiger partial charge in [0.1, 0.15) is 24.0 Å². The van der Waals surface area contributed by atoms with Gasteiger partial charge in [-0.2, -0.15) is 0 Å². The van der Waals surface area contributed by atoms with Crippen molar-refractivity contribution in [2.45, 2.75) is 83.6 Å². The van der Waals surface area contributed by atoms with Crippen molar-refractivity contribution in [2.24, 2.45) is 0 Å². The Labute approximate surface area is 234 Å². The maximum Gasteiger partial charge on any atom is 0.410 e. The van der Waals surface area contributed by atoms with Crippen LogP contribution in [0.25, 0.3) is 0 Å². The summed E-state index contributed by atoms with van der Waals surface area (Å²) in [7, 11) is 0. The molecule has 0 radical (unpaired) electrons. The Morgan fingerprint density at radius 3 is 2.42 bits per heavy atom. The summed E-state index contributed by atoms with van der Waals surface area (Å²) >= 11 is 0. The van der Waals surface area contributed by atoms with Crippen LogP contribution in [-0.2, 0) is 27.5 Å². The second-order valence-electron chi connectivity index (χ2n) is 11.8. The lowest BCUT2D eigenvalue weighted by molar-refractivity contribution is -0.132. The number of carbonyl (C=O) groups excluding carboxylic acids is 4. The molecule has 4 amide bonds. The first kappa shape index (κ1) is 27.7. The van der Waals surface area contributed by atoms with E-state index >= 15 is 0 Å². The van der Waals surface area contributed by atoms with Crippen molar-refractivity contribution in [1.29, 1.82) is 0 Å². The third-order valence-electron chi connectivity index (χ3n) is 7.77. The number of rotatable bonds is 5. The molecule has 2 saturated heterocycles. The van der Waals surface area contributed by atoms with Crippen molar-refractivity contribution in [3.05, 3.63) is 64.7 Å². The highest BCUT2D eigenvalue weighted by Gasteiger charge is 2.39. The molecule has 1 atom stereocenters. The molecule has 0 unspecified atom stereocenters. The number of fused-ring (bicyclic) bond motifs is 1. The SMILES string of the molecule is CC(C)(C)OC(=O)N1CCC(c2ccc(COc3cccc4c3CN([C@H]3CCCC(=O)NC3=O)C4=O)cc2)CC1. The molecule has 2 fully saturated rings. The number of ether oxygens (including phenoxy) is 2. The molecule has 3 heterocycles. The van der Waals surface area contributed by atoms with Crippen LogP contribution in [0.5, 0.6) is 5.75 Å². The number of piperidine rings is 1. The average Bonchev–Trinajstić information content (AvgIpc) is 3.15. The lowest BCUT2D eigenvalue weighted by Gasteiger charge is -2.33. The van der Waals surface area contributed by atoms with Crippen LogP contribution >= 0.6 is 0 Å². The zero-order valence-corrected chi connectivity index (χ0v) is 23.4. The van der Waals surface area contributed by atoms with Crippen molar-refractivity contribution >= 4 is 23.8 Å². The van der Waals surface area contributed by atoms with Crippen molar-refractivity contribution in [1.82, 2.24) is 15.1 Å². The summed E-state index contributed by atoms with van der Waals surface area (Å²) in [4.78, 5) is 53.1. The summed E-state index contributed by atoms with van der Waals surface area (Å²) < 4.78 is 11.7. The summed E-state index contributed by atoms with van der Waals surface area (Å²) in [6, 6.07) is 13.1. The van der Waals surface area contributed by atoms with Gasteiger partial charge in [0.15, 0.2) is 0 Å². The molecular formula is C31H37N3O6. The molecule has 40 heavy (non-hydrogen) atoms. The van der Waals surface area contributed by atoms with Crippen LogP contribution < -0.4 is 10.1 Å².